The minimum atomic E-state index is -0.176. The summed E-state index contributed by atoms with van der Waals surface area (Å²) in [6, 6.07) is 5.01. The summed E-state index contributed by atoms with van der Waals surface area (Å²) in [7, 11) is 0. The monoisotopic (exact) mass is 205 g/mol. The van der Waals surface area contributed by atoms with Crippen LogP contribution in [0.1, 0.15) is 18.9 Å². The molecule has 0 amide bonds. The van der Waals surface area contributed by atoms with Crippen LogP contribution >= 0.6 is 0 Å². The highest BCUT2D eigenvalue weighted by atomic mass is 19.1. The van der Waals surface area contributed by atoms with Gasteiger partial charge >= 0.3 is 0 Å². The molecule has 15 heavy (non-hydrogen) atoms. The number of aromatic nitrogens is 3. The van der Waals surface area contributed by atoms with E-state index in [1.807, 2.05) is 13.0 Å². The van der Waals surface area contributed by atoms with Gasteiger partial charge in [-0.3, -0.25) is 0 Å². The summed E-state index contributed by atoms with van der Waals surface area (Å²) in [5.74, 6) is -0.176. The Morgan fingerprint density at radius 1 is 1.40 bits per heavy atom. The van der Waals surface area contributed by atoms with Crippen LogP contribution in [0.2, 0.25) is 0 Å². The molecule has 1 aromatic heterocycles. The summed E-state index contributed by atoms with van der Waals surface area (Å²) in [4.78, 5) is 3.86. The Kier molecular flexibility index (Phi) is 2.76. The van der Waals surface area contributed by atoms with Crippen molar-refractivity contribution in [3.05, 3.63) is 42.2 Å². The van der Waals surface area contributed by atoms with Crippen molar-refractivity contribution in [2.75, 3.05) is 0 Å². The van der Waals surface area contributed by atoms with Gasteiger partial charge in [0.2, 0.25) is 0 Å². The normalized spacial score (nSPS) is 10.5. The van der Waals surface area contributed by atoms with Gasteiger partial charge in [-0.05, 0) is 18.6 Å². The number of hydrogen-bond donors (Lipinski definition) is 0. The molecule has 0 aliphatic rings. The predicted octanol–water partition coefficient (Wildman–Crippen LogP) is 2.36. The Morgan fingerprint density at radius 3 is 2.93 bits per heavy atom. The van der Waals surface area contributed by atoms with Crippen molar-refractivity contribution >= 4 is 0 Å². The number of benzene rings is 1. The molecule has 0 radical (unpaired) electrons. The van der Waals surface area contributed by atoms with Crippen LogP contribution in [0.3, 0.4) is 0 Å². The standard InChI is InChI=1S/C11H12FN3/c1-2-4-9-10(12)5-3-6-11(9)15-8-13-7-14-15/h3,5-8H,2,4H2,1H3. The summed E-state index contributed by atoms with van der Waals surface area (Å²) >= 11 is 0. The van der Waals surface area contributed by atoms with Crippen LogP contribution in [0.4, 0.5) is 4.39 Å². The second-order valence-electron chi connectivity index (χ2n) is 3.33. The molecule has 0 unspecified atom stereocenters. The maximum atomic E-state index is 13.6. The Labute approximate surface area is 87.6 Å². The minimum absolute atomic E-state index is 0.176. The Hall–Kier alpha value is -1.71. The first kappa shape index (κ1) is 9.83. The maximum absolute atomic E-state index is 13.6. The van der Waals surface area contributed by atoms with Gasteiger partial charge in [0.05, 0.1) is 5.69 Å². The van der Waals surface area contributed by atoms with Gasteiger partial charge in [-0.1, -0.05) is 19.4 Å². The molecule has 0 saturated carbocycles. The maximum Gasteiger partial charge on any atom is 0.138 e. The average Bonchev–Trinajstić information content (AvgIpc) is 2.74. The zero-order valence-corrected chi connectivity index (χ0v) is 8.52. The highest BCUT2D eigenvalue weighted by Gasteiger charge is 2.09. The average molecular weight is 205 g/mol. The SMILES string of the molecule is CCCc1c(F)cccc1-n1cncn1. The number of hydrogen-bond acceptors (Lipinski definition) is 2. The minimum Gasteiger partial charge on any atom is -0.223 e. The van der Waals surface area contributed by atoms with Gasteiger partial charge < -0.3 is 0 Å². The van der Waals surface area contributed by atoms with Crippen molar-refractivity contribution in [3.63, 3.8) is 0 Å². The van der Waals surface area contributed by atoms with Crippen LogP contribution in [-0.4, -0.2) is 14.8 Å². The molecular formula is C11H12FN3. The number of rotatable bonds is 3. The predicted molar refractivity (Wildman–Crippen MR) is 55.3 cm³/mol. The number of nitrogens with zero attached hydrogens (tertiary/aromatic N) is 3. The van der Waals surface area contributed by atoms with Crippen LogP contribution in [0.15, 0.2) is 30.9 Å². The van der Waals surface area contributed by atoms with Crippen LogP contribution in [0.25, 0.3) is 5.69 Å². The molecule has 0 saturated heterocycles. The second kappa shape index (κ2) is 4.21. The van der Waals surface area contributed by atoms with E-state index in [4.69, 9.17) is 0 Å². The topological polar surface area (TPSA) is 30.7 Å². The Morgan fingerprint density at radius 2 is 2.27 bits per heavy atom. The Bertz CT molecular complexity index is 437. The van der Waals surface area contributed by atoms with Gasteiger partial charge in [0, 0.05) is 5.56 Å². The first-order chi connectivity index (χ1) is 7.33. The van der Waals surface area contributed by atoms with E-state index in [-0.39, 0.29) is 5.82 Å². The summed E-state index contributed by atoms with van der Waals surface area (Å²) in [5, 5.41) is 4.01. The largest absolute Gasteiger partial charge is 0.223 e. The zero-order chi connectivity index (χ0) is 10.7. The van der Waals surface area contributed by atoms with Gasteiger partial charge in [0.15, 0.2) is 0 Å². The van der Waals surface area contributed by atoms with Crippen molar-refractivity contribution in [1.82, 2.24) is 14.8 Å². The smallest absolute Gasteiger partial charge is 0.138 e. The summed E-state index contributed by atoms with van der Waals surface area (Å²) in [5.41, 5.74) is 1.47. The lowest BCUT2D eigenvalue weighted by atomic mass is 10.1. The highest BCUT2D eigenvalue weighted by Crippen LogP contribution is 2.18. The van der Waals surface area contributed by atoms with E-state index in [2.05, 4.69) is 10.1 Å². The van der Waals surface area contributed by atoms with E-state index in [9.17, 15) is 4.39 Å². The molecular weight excluding hydrogens is 193 g/mol. The molecule has 0 fully saturated rings. The van der Waals surface area contributed by atoms with Gasteiger partial charge in [0.1, 0.15) is 18.5 Å². The molecule has 1 heterocycles. The van der Waals surface area contributed by atoms with Gasteiger partial charge in [-0.2, -0.15) is 5.10 Å². The van der Waals surface area contributed by atoms with Crippen LogP contribution in [-0.2, 0) is 6.42 Å². The second-order valence-corrected chi connectivity index (χ2v) is 3.33. The molecule has 0 spiro atoms. The molecule has 0 atom stereocenters. The summed E-state index contributed by atoms with van der Waals surface area (Å²) in [6.07, 6.45) is 4.64. The lowest BCUT2D eigenvalue weighted by Crippen LogP contribution is -2.02. The van der Waals surface area contributed by atoms with E-state index >= 15 is 0 Å². The van der Waals surface area contributed by atoms with E-state index in [1.54, 1.807) is 17.1 Å². The third-order valence-electron chi connectivity index (χ3n) is 2.26. The van der Waals surface area contributed by atoms with Crippen LogP contribution in [0.5, 0.6) is 0 Å². The van der Waals surface area contributed by atoms with Crippen LogP contribution < -0.4 is 0 Å². The van der Waals surface area contributed by atoms with E-state index in [0.29, 0.717) is 12.0 Å². The zero-order valence-electron chi connectivity index (χ0n) is 8.52. The lowest BCUT2D eigenvalue weighted by molar-refractivity contribution is 0.603. The van der Waals surface area contributed by atoms with Crippen molar-refractivity contribution in [3.8, 4) is 5.69 Å². The lowest BCUT2D eigenvalue weighted by Gasteiger charge is -2.08. The molecule has 2 aromatic rings. The first-order valence-corrected chi connectivity index (χ1v) is 4.95. The fourth-order valence-corrected chi connectivity index (χ4v) is 1.59. The summed E-state index contributed by atoms with van der Waals surface area (Å²) < 4.78 is 15.2. The molecule has 0 bridgehead atoms. The third-order valence-corrected chi connectivity index (χ3v) is 2.26. The van der Waals surface area contributed by atoms with Crippen molar-refractivity contribution in [2.24, 2.45) is 0 Å². The molecule has 1 aromatic carbocycles. The van der Waals surface area contributed by atoms with Crippen molar-refractivity contribution in [1.29, 1.82) is 0 Å². The van der Waals surface area contributed by atoms with Crippen LogP contribution in [0, 0.1) is 5.82 Å². The quantitative estimate of drug-likeness (QED) is 0.770. The summed E-state index contributed by atoms with van der Waals surface area (Å²) in [6.45, 7) is 2.03. The fraction of sp³-hybridized carbons (Fsp3) is 0.273. The highest BCUT2D eigenvalue weighted by molar-refractivity contribution is 5.40. The van der Waals surface area contributed by atoms with Gasteiger partial charge in [-0.15, -0.1) is 0 Å². The van der Waals surface area contributed by atoms with E-state index in [1.165, 1.54) is 12.4 Å². The molecule has 0 aliphatic heterocycles. The van der Waals surface area contributed by atoms with Gasteiger partial charge in [-0.25, -0.2) is 14.1 Å². The molecule has 78 valence electrons. The van der Waals surface area contributed by atoms with Gasteiger partial charge in [0.25, 0.3) is 0 Å². The molecule has 0 aliphatic carbocycles. The van der Waals surface area contributed by atoms with Crippen molar-refractivity contribution in [2.45, 2.75) is 19.8 Å². The Balaban J connectivity index is 2.51. The first-order valence-electron chi connectivity index (χ1n) is 4.95. The number of halogens is 1. The van der Waals surface area contributed by atoms with Crippen molar-refractivity contribution < 1.29 is 4.39 Å². The fourth-order valence-electron chi connectivity index (χ4n) is 1.59. The molecule has 0 N–H and O–H groups in total. The van der Waals surface area contributed by atoms with E-state index < -0.39 is 0 Å². The third kappa shape index (κ3) is 1.88. The molecule has 4 heteroatoms. The molecule has 2 rings (SSSR count). The van der Waals surface area contributed by atoms with E-state index in [0.717, 1.165) is 12.1 Å². The molecule has 3 nitrogen and oxygen atoms in total.